The van der Waals surface area contributed by atoms with Crippen molar-refractivity contribution in [3.8, 4) is 0 Å². The fourth-order valence-electron chi connectivity index (χ4n) is 1.68. The molecule has 2 aromatic rings. The van der Waals surface area contributed by atoms with E-state index < -0.39 is 0 Å². The third-order valence-corrected chi connectivity index (χ3v) is 3.30. The van der Waals surface area contributed by atoms with E-state index in [9.17, 15) is 0 Å². The summed E-state index contributed by atoms with van der Waals surface area (Å²) in [6.45, 7) is 5.42. The molecule has 19 heavy (non-hydrogen) atoms. The summed E-state index contributed by atoms with van der Waals surface area (Å²) in [4.78, 5) is 4.25. The van der Waals surface area contributed by atoms with E-state index in [2.05, 4.69) is 29.2 Å². The minimum absolute atomic E-state index is 0.403. The summed E-state index contributed by atoms with van der Waals surface area (Å²) in [5.74, 6) is 0.879. The van der Waals surface area contributed by atoms with Crippen molar-refractivity contribution >= 4 is 23.2 Å². The van der Waals surface area contributed by atoms with E-state index in [-0.39, 0.29) is 0 Å². The van der Waals surface area contributed by atoms with Crippen molar-refractivity contribution in [3.05, 3.63) is 46.0 Å². The average molecular weight is 299 g/mol. The largest absolute Gasteiger partial charge is 0.308 e. The molecule has 1 aromatic carbocycles. The Hall–Kier alpha value is -1.10. The predicted molar refractivity (Wildman–Crippen MR) is 77.6 cm³/mol. The number of hydrogen-bond donors (Lipinski definition) is 1. The molecule has 0 aliphatic heterocycles. The Kier molecular flexibility index (Phi) is 4.80. The van der Waals surface area contributed by atoms with E-state index in [0.29, 0.717) is 29.2 Å². The monoisotopic (exact) mass is 298 g/mol. The lowest BCUT2D eigenvalue weighted by atomic mass is 10.2. The zero-order valence-corrected chi connectivity index (χ0v) is 12.4. The van der Waals surface area contributed by atoms with Crippen LogP contribution in [-0.2, 0) is 13.1 Å². The van der Waals surface area contributed by atoms with Gasteiger partial charge in [0.15, 0.2) is 0 Å². The molecule has 0 saturated heterocycles. The van der Waals surface area contributed by atoms with Crippen LogP contribution in [0.3, 0.4) is 0 Å². The van der Waals surface area contributed by atoms with E-state index in [1.807, 2.05) is 10.7 Å². The normalized spacial score (nSPS) is 11.2. The maximum Gasteiger partial charge on any atom is 0.141 e. The Morgan fingerprint density at radius 2 is 2.11 bits per heavy atom. The first-order valence-electron chi connectivity index (χ1n) is 6.10. The molecule has 0 amide bonds. The number of halogens is 2. The fourth-order valence-corrected chi connectivity index (χ4v) is 2.05. The van der Waals surface area contributed by atoms with Gasteiger partial charge in [0.2, 0.25) is 0 Å². The number of benzene rings is 1. The molecule has 0 radical (unpaired) electrons. The molecule has 0 aliphatic rings. The molecule has 1 N–H and O–H groups in total. The molecule has 0 bridgehead atoms. The van der Waals surface area contributed by atoms with E-state index in [1.165, 1.54) is 0 Å². The molecule has 0 aliphatic carbocycles. The number of nitrogens with zero attached hydrogens (tertiary/aromatic N) is 3. The van der Waals surface area contributed by atoms with Crippen molar-refractivity contribution in [2.75, 3.05) is 0 Å². The zero-order valence-electron chi connectivity index (χ0n) is 10.9. The van der Waals surface area contributed by atoms with Gasteiger partial charge in [-0.05, 0) is 23.8 Å². The molecule has 0 fully saturated rings. The van der Waals surface area contributed by atoms with Crippen LogP contribution in [0.5, 0.6) is 0 Å². The highest BCUT2D eigenvalue weighted by atomic mass is 35.5. The van der Waals surface area contributed by atoms with Crippen LogP contribution in [-0.4, -0.2) is 20.8 Å². The minimum atomic E-state index is 0.403. The van der Waals surface area contributed by atoms with Crippen LogP contribution in [0, 0.1) is 0 Å². The molecule has 102 valence electrons. The van der Waals surface area contributed by atoms with Crippen LogP contribution in [0.1, 0.15) is 25.2 Å². The van der Waals surface area contributed by atoms with Crippen LogP contribution < -0.4 is 5.32 Å². The van der Waals surface area contributed by atoms with Gasteiger partial charge in [-0.2, -0.15) is 5.10 Å². The summed E-state index contributed by atoms with van der Waals surface area (Å²) in [7, 11) is 0. The first-order chi connectivity index (χ1) is 9.06. The van der Waals surface area contributed by atoms with Gasteiger partial charge in [-0.25, -0.2) is 9.67 Å². The van der Waals surface area contributed by atoms with Gasteiger partial charge in [-0.3, -0.25) is 0 Å². The molecule has 1 aromatic heterocycles. The molecule has 4 nitrogen and oxygen atoms in total. The van der Waals surface area contributed by atoms with Gasteiger partial charge in [-0.1, -0.05) is 37.0 Å². The molecule has 2 rings (SSSR count). The van der Waals surface area contributed by atoms with Gasteiger partial charge in [0.25, 0.3) is 0 Å². The summed E-state index contributed by atoms with van der Waals surface area (Å²) in [5.41, 5.74) is 0.936. The molecule has 0 spiro atoms. The Labute approximate surface area is 122 Å². The highest BCUT2D eigenvalue weighted by Gasteiger charge is 2.08. The predicted octanol–water partition coefficient (Wildman–Crippen LogP) is 3.13. The summed E-state index contributed by atoms with van der Waals surface area (Å²) in [5, 5.41) is 8.89. The van der Waals surface area contributed by atoms with Gasteiger partial charge in [0.1, 0.15) is 12.2 Å². The van der Waals surface area contributed by atoms with Gasteiger partial charge in [0, 0.05) is 16.1 Å². The maximum atomic E-state index is 6.16. The molecule has 0 atom stereocenters. The Balaban J connectivity index is 2.15. The Morgan fingerprint density at radius 3 is 2.84 bits per heavy atom. The van der Waals surface area contributed by atoms with Crippen molar-refractivity contribution in [1.29, 1.82) is 0 Å². The first kappa shape index (κ1) is 14.3. The van der Waals surface area contributed by atoms with Crippen molar-refractivity contribution in [2.24, 2.45) is 0 Å². The minimum Gasteiger partial charge on any atom is -0.308 e. The average Bonchev–Trinajstić information content (AvgIpc) is 2.79. The highest BCUT2D eigenvalue weighted by Crippen LogP contribution is 2.21. The van der Waals surface area contributed by atoms with Gasteiger partial charge >= 0.3 is 0 Å². The second kappa shape index (κ2) is 6.37. The third-order valence-electron chi connectivity index (χ3n) is 2.69. The van der Waals surface area contributed by atoms with Crippen molar-refractivity contribution in [2.45, 2.75) is 33.0 Å². The first-order valence-corrected chi connectivity index (χ1v) is 6.86. The van der Waals surface area contributed by atoms with E-state index in [4.69, 9.17) is 23.2 Å². The lowest BCUT2D eigenvalue weighted by Crippen LogP contribution is -2.24. The van der Waals surface area contributed by atoms with E-state index in [0.717, 1.165) is 11.4 Å². The summed E-state index contributed by atoms with van der Waals surface area (Å²) >= 11 is 12.1. The summed E-state index contributed by atoms with van der Waals surface area (Å²) < 4.78 is 1.83. The second-order valence-corrected chi connectivity index (χ2v) is 5.45. The fraction of sp³-hybridized carbons (Fsp3) is 0.385. The van der Waals surface area contributed by atoms with Crippen LogP contribution in [0.15, 0.2) is 24.5 Å². The quantitative estimate of drug-likeness (QED) is 0.922. The van der Waals surface area contributed by atoms with Gasteiger partial charge in [0.05, 0.1) is 13.1 Å². The molecular formula is C13H16Cl2N4. The van der Waals surface area contributed by atoms with E-state index >= 15 is 0 Å². The van der Waals surface area contributed by atoms with Crippen LogP contribution in [0.4, 0.5) is 0 Å². The summed E-state index contributed by atoms with van der Waals surface area (Å²) in [6, 6.07) is 5.82. The maximum absolute atomic E-state index is 6.16. The SMILES string of the molecule is CC(C)NCc1ncnn1Cc1cc(Cl)ccc1Cl. The summed E-state index contributed by atoms with van der Waals surface area (Å²) in [6.07, 6.45) is 1.55. The molecule has 6 heteroatoms. The van der Waals surface area contributed by atoms with Crippen LogP contribution in [0.2, 0.25) is 10.0 Å². The molecule has 0 unspecified atom stereocenters. The van der Waals surface area contributed by atoms with Crippen molar-refractivity contribution in [3.63, 3.8) is 0 Å². The van der Waals surface area contributed by atoms with Gasteiger partial charge in [-0.15, -0.1) is 0 Å². The lowest BCUT2D eigenvalue weighted by Gasteiger charge is -2.10. The van der Waals surface area contributed by atoms with Crippen LogP contribution >= 0.6 is 23.2 Å². The third kappa shape index (κ3) is 3.93. The zero-order chi connectivity index (χ0) is 13.8. The molecule has 1 heterocycles. The standard InChI is InChI=1S/C13H16Cl2N4/c1-9(2)16-6-13-17-8-18-19(13)7-10-5-11(14)3-4-12(10)15/h3-5,8-9,16H,6-7H2,1-2H3. The topological polar surface area (TPSA) is 42.7 Å². The number of aromatic nitrogens is 3. The smallest absolute Gasteiger partial charge is 0.141 e. The second-order valence-electron chi connectivity index (χ2n) is 4.61. The Morgan fingerprint density at radius 1 is 1.32 bits per heavy atom. The Bertz CT molecular complexity index is 551. The molecular weight excluding hydrogens is 283 g/mol. The van der Waals surface area contributed by atoms with Gasteiger partial charge < -0.3 is 5.32 Å². The number of nitrogens with one attached hydrogen (secondary N) is 1. The number of rotatable bonds is 5. The highest BCUT2D eigenvalue weighted by molar-refractivity contribution is 6.33. The molecule has 0 saturated carbocycles. The van der Waals surface area contributed by atoms with Crippen molar-refractivity contribution in [1.82, 2.24) is 20.1 Å². The lowest BCUT2D eigenvalue weighted by molar-refractivity contribution is 0.539. The van der Waals surface area contributed by atoms with Crippen molar-refractivity contribution < 1.29 is 0 Å². The number of hydrogen-bond acceptors (Lipinski definition) is 3. The van der Waals surface area contributed by atoms with E-state index in [1.54, 1.807) is 18.5 Å². The van der Waals surface area contributed by atoms with Crippen LogP contribution in [0.25, 0.3) is 0 Å².